The van der Waals surface area contributed by atoms with Gasteiger partial charge in [-0.05, 0) is 52.8 Å². The van der Waals surface area contributed by atoms with Crippen LogP contribution in [0, 0.1) is 6.92 Å². The highest BCUT2D eigenvalue weighted by Crippen LogP contribution is 2.38. The van der Waals surface area contributed by atoms with Gasteiger partial charge in [0.25, 0.3) is 5.91 Å². The Labute approximate surface area is 164 Å². The molecular weight excluding hydrogens is 358 g/mol. The molecule has 1 saturated heterocycles. The first-order chi connectivity index (χ1) is 13.6. The van der Waals surface area contributed by atoms with E-state index >= 15 is 0 Å². The van der Waals surface area contributed by atoms with Crippen LogP contribution in [-0.2, 0) is 6.42 Å². The number of hydrogen-bond donors (Lipinski definition) is 2. The Morgan fingerprint density at radius 1 is 1.39 bits per heavy atom. The lowest BCUT2D eigenvalue weighted by molar-refractivity contribution is 0.102. The number of nitrogens with zero attached hydrogens (tertiary/aromatic N) is 3. The highest BCUT2D eigenvalue weighted by atomic mass is 16.5. The molecule has 150 valence electrons. The van der Waals surface area contributed by atoms with E-state index in [1.165, 1.54) is 0 Å². The fourth-order valence-corrected chi connectivity index (χ4v) is 3.94. The number of aromatic nitrogens is 3. The van der Waals surface area contributed by atoms with Gasteiger partial charge in [0.15, 0.2) is 5.69 Å². The Hall–Kier alpha value is -2.61. The maximum Gasteiger partial charge on any atom is 0.278 e. The number of piperidine rings is 1. The lowest BCUT2D eigenvalue weighted by Gasteiger charge is -2.23. The second-order valence-corrected chi connectivity index (χ2v) is 7.43. The Morgan fingerprint density at radius 2 is 2.18 bits per heavy atom. The molecule has 2 aliphatic rings. The predicted octanol–water partition coefficient (Wildman–Crippen LogP) is 2.49. The summed E-state index contributed by atoms with van der Waals surface area (Å²) >= 11 is 0. The van der Waals surface area contributed by atoms with Crippen LogP contribution in [0.25, 0.3) is 0 Å². The van der Waals surface area contributed by atoms with E-state index in [0.717, 1.165) is 49.4 Å². The van der Waals surface area contributed by atoms with Crippen LogP contribution < -0.4 is 20.1 Å². The summed E-state index contributed by atoms with van der Waals surface area (Å²) < 4.78 is 13.5. The van der Waals surface area contributed by atoms with Gasteiger partial charge in [-0.2, -0.15) is 0 Å². The number of amides is 1. The molecule has 8 heteroatoms. The topological polar surface area (TPSA) is 90.3 Å². The predicted molar refractivity (Wildman–Crippen MR) is 105 cm³/mol. The summed E-state index contributed by atoms with van der Waals surface area (Å²) in [6.45, 7) is 8.28. The van der Waals surface area contributed by atoms with Crippen LogP contribution in [0.5, 0.6) is 11.5 Å². The summed E-state index contributed by atoms with van der Waals surface area (Å²) in [7, 11) is 0. The number of benzene rings is 1. The summed E-state index contributed by atoms with van der Waals surface area (Å²) in [6, 6.07) is 4.08. The van der Waals surface area contributed by atoms with Crippen LogP contribution in [0.3, 0.4) is 0 Å². The van der Waals surface area contributed by atoms with E-state index < -0.39 is 0 Å². The third-order valence-electron chi connectivity index (χ3n) is 5.34. The van der Waals surface area contributed by atoms with E-state index in [9.17, 15) is 4.79 Å². The van der Waals surface area contributed by atoms with Gasteiger partial charge < -0.3 is 20.1 Å². The zero-order valence-corrected chi connectivity index (χ0v) is 16.6. The Balaban J connectivity index is 1.57. The molecule has 3 heterocycles. The number of hydrogen-bond acceptors (Lipinski definition) is 6. The number of ether oxygens (including phenoxy) is 2. The highest BCUT2D eigenvalue weighted by Gasteiger charge is 2.26. The molecule has 8 nitrogen and oxygen atoms in total. The Morgan fingerprint density at radius 3 is 2.93 bits per heavy atom. The summed E-state index contributed by atoms with van der Waals surface area (Å²) in [5.41, 5.74) is 2.82. The van der Waals surface area contributed by atoms with Gasteiger partial charge in [-0.1, -0.05) is 5.21 Å². The minimum Gasteiger partial charge on any atom is -0.492 e. The van der Waals surface area contributed by atoms with Crippen molar-refractivity contribution in [2.45, 2.75) is 52.2 Å². The Kier molecular flexibility index (Phi) is 5.21. The third-order valence-corrected chi connectivity index (χ3v) is 5.34. The molecule has 1 atom stereocenters. The standard InChI is InChI=1S/C20H27N5O3/c1-4-27-18-10-14-9-12(2)28-17(14)11-16(18)22-20(26)19-13(3)25(24-23-19)15-5-7-21-8-6-15/h10-12,15,21H,4-9H2,1-3H3,(H,22,26). The number of carbonyl (C=O) groups excluding carboxylic acids is 1. The zero-order valence-electron chi connectivity index (χ0n) is 16.6. The summed E-state index contributed by atoms with van der Waals surface area (Å²) in [6.07, 6.45) is 2.94. The van der Waals surface area contributed by atoms with Crippen LogP contribution in [0.1, 0.15) is 54.5 Å². The smallest absolute Gasteiger partial charge is 0.278 e. The van der Waals surface area contributed by atoms with Gasteiger partial charge in [0.2, 0.25) is 0 Å². The zero-order chi connectivity index (χ0) is 19.7. The molecule has 1 unspecified atom stereocenters. The molecule has 0 saturated carbocycles. The second kappa shape index (κ2) is 7.79. The number of carbonyl (C=O) groups is 1. The minimum absolute atomic E-state index is 0.127. The normalized spacial score (nSPS) is 19.2. The van der Waals surface area contributed by atoms with E-state index in [-0.39, 0.29) is 18.1 Å². The molecule has 1 aromatic carbocycles. The van der Waals surface area contributed by atoms with Gasteiger partial charge in [0.05, 0.1) is 24.0 Å². The van der Waals surface area contributed by atoms with Crippen molar-refractivity contribution < 1.29 is 14.3 Å². The molecule has 2 aromatic rings. The molecule has 0 bridgehead atoms. The third kappa shape index (κ3) is 3.56. The van der Waals surface area contributed by atoms with Crippen LogP contribution in [-0.4, -0.2) is 46.7 Å². The first-order valence-corrected chi connectivity index (χ1v) is 9.97. The average Bonchev–Trinajstić information content (AvgIpc) is 3.24. The van der Waals surface area contributed by atoms with E-state index in [0.29, 0.717) is 23.7 Å². The van der Waals surface area contributed by atoms with Gasteiger partial charge in [-0.25, -0.2) is 4.68 Å². The van der Waals surface area contributed by atoms with E-state index in [1.54, 1.807) is 0 Å². The number of fused-ring (bicyclic) bond motifs is 1. The van der Waals surface area contributed by atoms with Gasteiger partial charge in [0, 0.05) is 18.1 Å². The van der Waals surface area contributed by atoms with Crippen LogP contribution in [0.2, 0.25) is 0 Å². The van der Waals surface area contributed by atoms with Crippen LogP contribution in [0.15, 0.2) is 12.1 Å². The summed E-state index contributed by atoms with van der Waals surface area (Å²) in [5.74, 6) is 1.15. The van der Waals surface area contributed by atoms with Crippen molar-refractivity contribution in [1.82, 2.24) is 20.3 Å². The molecule has 28 heavy (non-hydrogen) atoms. The molecule has 0 radical (unpaired) electrons. The molecular formula is C20H27N5O3. The molecule has 1 fully saturated rings. The lowest BCUT2D eigenvalue weighted by Crippen LogP contribution is -2.30. The summed E-state index contributed by atoms with van der Waals surface area (Å²) in [4.78, 5) is 12.9. The maximum absolute atomic E-state index is 12.9. The number of rotatable bonds is 5. The van der Waals surface area contributed by atoms with Gasteiger partial charge in [0.1, 0.15) is 17.6 Å². The summed E-state index contributed by atoms with van der Waals surface area (Å²) in [5, 5.41) is 14.7. The molecule has 1 amide bonds. The quantitative estimate of drug-likeness (QED) is 0.822. The Bertz CT molecular complexity index is 873. The molecule has 0 aliphatic carbocycles. The number of anilines is 1. The average molecular weight is 385 g/mol. The largest absolute Gasteiger partial charge is 0.492 e. The fourth-order valence-electron chi connectivity index (χ4n) is 3.94. The maximum atomic E-state index is 12.9. The van der Waals surface area contributed by atoms with Crippen molar-refractivity contribution in [2.75, 3.05) is 25.0 Å². The lowest BCUT2D eigenvalue weighted by atomic mass is 10.1. The molecule has 0 spiro atoms. The van der Waals surface area contributed by atoms with Crippen molar-refractivity contribution in [2.24, 2.45) is 0 Å². The molecule has 2 N–H and O–H groups in total. The molecule has 2 aliphatic heterocycles. The first-order valence-electron chi connectivity index (χ1n) is 9.97. The van der Waals surface area contributed by atoms with Crippen LogP contribution >= 0.6 is 0 Å². The molecule has 1 aromatic heterocycles. The SMILES string of the molecule is CCOc1cc2c(cc1NC(=O)c1nnn(C3CCNCC3)c1C)OC(C)C2. The number of nitrogens with one attached hydrogen (secondary N) is 2. The van der Waals surface area contributed by atoms with E-state index in [4.69, 9.17) is 9.47 Å². The fraction of sp³-hybridized carbons (Fsp3) is 0.550. The van der Waals surface area contributed by atoms with Crippen molar-refractivity contribution in [3.63, 3.8) is 0 Å². The highest BCUT2D eigenvalue weighted by molar-refractivity contribution is 6.04. The first kappa shape index (κ1) is 18.7. The second-order valence-electron chi connectivity index (χ2n) is 7.43. The van der Waals surface area contributed by atoms with E-state index in [2.05, 4.69) is 20.9 Å². The van der Waals surface area contributed by atoms with Gasteiger partial charge >= 0.3 is 0 Å². The van der Waals surface area contributed by atoms with E-state index in [1.807, 2.05) is 37.6 Å². The van der Waals surface area contributed by atoms with Crippen molar-refractivity contribution in [1.29, 1.82) is 0 Å². The van der Waals surface area contributed by atoms with Crippen LogP contribution in [0.4, 0.5) is 5.69 Å². The monoisotopic (exact) mass is 385 g/mol. The molecule has 4 rings (SSSR count). The van der Waals surface area contributed by atoms with Crippen molar-refractivity contribution >= 4 is 11.6 Å². The van der Waals surface area contributed by atoms with Gasteiger partial charge in [-0.3, -0.25) is 4.79 Å². The van der Waals surface area contributed by atoms with Crippen molar-refractivity contribution in [3.8, 4) is 11.5 Å². The van der Waals surface area contributed by atoms with Crippen molar-refractivity contribution in [3.05, 3.63) is 29.1 Å². The van der Waals surface area contributed by atoms with Gasteiger partial charge in [-0.15, -0.1) is 5.10 Å². The minimum atomic E-state index is -0.287.